The third-order valence-electron chi connectivity index (χ3n) is 2.02. The lowest BCUT2D eigenvalue weighted by Crippen LogP contribution is -2.07. The summed E-state index contributed by atoms with van der Waals surface area (Å²) in [6.45, 7) is 3.64. The first-order valence-corrected chi connectivity index (χ1v) is 8.50. The van der Waals surface area contributed by atoms with Gasteiger partial charge in [-0.3, -0.25) is 0 Å². The molecule has 1 rings (SSSR count). The molecule has 0 spiro atoms. The molecule has 0 unspecified atom stereocenters. The predicted octanol–water partition coefficient (Wildman–Crippen LogP) is 3.18. The first-order valence-electron chi connectivity index (χ1n) is 5.40. The number of ether oxygens (including phenoxy) is 2. The van der Waals surface area contributed by atoms with Crippen LogP contribution in [0.3, 0.4) is 0 Å². The minimum Gasteiger partial charge on any atom is -0.490 e. The van der Waals surface area contributed by atoms with Crippen molar-refractivity contribution in [3.63, 3.8) is 0 Å². The maximum absolute atomic E-state index is 11.1. The fraction of sp³-hybridized carbons (Fsp3) is 0.455. The summed E-state index contributed by atoms with van der Waals surface area (Å²) in [5.74, 6) is 0.555. The summed E-state index contributed by atoms with van der Waals surface area (Å²) in [4.78, 5) is 0.0330. The number of hydrogen-bond acceptors (Lipinski definition) is 4. The molecule has 0 N–H and O–H groups in total. The van der Waals surface area contributed by atoms with Crippen molar-refractivity contribution in [3.8, 4) is 5.75 Å². The van der Waals surface area contributed by atoms with E-state index in [0.717, 1.165) is 6.42 Å². The highest BCUT2D eigenvalue weighted by Gasteiger charge is 2.12. The Balaban J connectivity index is 2.58. The topological polar surface area (TPSA) is 52.6 Å². The Hall–Kier alpha value is -0.300. The molecule has 0 bridgehead atoms. The predicted molar refractivity (Wildman–Crippen MR) is 73.8 cm³/mol. The number of rotatable bonds is 7. The SMILES string of the molecule is CCCOCCOc1ccc(S(=O)(=O)Cl)cc1Br. The summed E-state index contributed by atoms with van der Waals surface area (Å²) < 4.78 is 33.5. The molecule has 0 atom stereocenters. The van der Waals surface area contributed by atoms with Gasteiger partial charge in [-0.25, -0.2) is 8.42 Å². The maximum Gasteiger partial charge on any atom is 0.261 e. The molecule has 102 valence electrons. The summed E-state index contributed by atoms with van der Waals surface area (Å²) >= 11 is 3.23. The van der Waals surface area contributed by atoms with Crippen LogP contribution in [0, 0.1) is 0 Å². The van der Waals surface area contributed by atoms with E-state index in [-0.39, 0.29) is 4.90 Å². The molecule has 0 radical (unpaired) electrons. The Bertz CT molecular complexity index is 490. The smallest absolute Gasteiger partial charge is 0.261 e. The van der Waals surface area contributed by atoms with Crippen LogP contribution >= 0.6 is 26.6 Å². The van der Waals surface area contributed by atoms with Gasteiger partial charge in [-0.1, -0.05) is 6.92 Å². The quantitative estimate of drug-likeness (QED) is 0.555. The molecule has 0 aromatic heterocycles. The van der Waals surface area contributed by atoms with Gasteiger partial charge in [-0.2, -0.15) is 0 Å². The van der Waals surface area contributed by atoms with Crippen LogP contribution in [-0.4, -0.2) is 28.2 Å². The fourth-order valence-electron chi connectivity index (χ4n) is 1.21. The van der Waals surface area contributed by atoms with Crippen molar-refractivity contribution in [1.29, 1.82) is 0 Å². The molecule has 0 aliphatic heterocycles. The second-order valence-electron chi connectivity index (χ2n) is 3.49. The zero-order valence-electron chi connectivity index (χ0n) is 9.86. The number of hydrogen-bond donors (Lipinski definition) is 0. The lowest BCUT2D eigenvalue weighted by molar-refractivity contribution is 0.100. The van der Waals surface area contributed by atoms with Crippen molar-refractivity contribution in [2.24, 2.45) is 0 Å². The molecule has 4 nitrogen and oxygen atoms in total. The molecule has 0 heterocycles. The van der Waals surface area contributed by atoms with Crippen molar-refractivity contribution < 1.29 is 17.9 Å². The van der Waals surface area contributed by atoms with Gasteiger partial charge in [0.05, 0.1) is 16.0 Å². The van der Waals surface area contributed by atoms with Gasteiger partial charge < -0.3 is 9.47 Å². The monoisotopic (exact) mass is 356 g/mol. The largest absolute Gasteiger partial charge is 0.490 e. The molecular formula is C11H14BrClO4S. The van der Waals surface area contributed by atoms with Gasteiger partial charge in [-0.15, -0.1) is 0 Å². The van der Waals surface area contributed by atoms with E-state index in [2.05, 4.69) is 15.9 Å². The summed E-state index contributed by atoms with van der Waals surface area (Å²) in [6.07, 6.45) is 0.964. The Morgan fingerprint density at radius 2 is 2.00 bits per heavy atom. The van der Waals surface area contributed by atoms with Crippen LogP contribution in [0.15, 0.2) is 27.6 Å². The molecule has 0 aliphatic carbocycles. The van der Waals surface area contributed by atoms with Gasteiger partial charge in [0.2, 0.25) is 0 Å². The second kappa shape index (κ2) is 7.33. The van der Waals surface area contributed by atoms with Gasteiger partial charge in [0.15, 0.2) is 0 Å². The van der Waals surface area contributed by atoms with Crippen LogP contribution in [0.4, 0.5) is 0 Å². The van der Waals surface area contributed by atoms with Gasteiger partial charge in [0.25, 0.3) is 9.05 Å². The summed E-state index contributed by atoms with van der Waals surface area (Å²) in [7, 11) is 1.52. The highest BCUT2D eigenvalue weighted by Crippen LogP contribution is 2.29. The molecule has 0 amide bonds. The van der Waals surface area contributed by atoms with E-state index in [1.54, 1.807) is 6.07 Å². The molecule has 1 aromatic carbocycles. The molecule has 1 aromatic rings. The molecule has 0 saturated heterocycles. The van der Waals surface area contributed by atoms with Gasteiger partial charge in [-0.05, 0) is 40.5 Å². The molecule has 18 heavy (non-hydrogen) atoms. The lowest BCUT2D eigenvalue weighted by Gasteiger charge is -2.09. The zero-order chi connectivity index (χ0) is 13.6. The zero-order valence-corrected chi connectivity index (χ0v) is 13.0. The Morgan fingerprint density at radius 1 is 1.28 bits per heavy atom. The van der Waals surface area contributed by atoms with E-state index in [9.17, 15) is 8.42 Å². The van der Waals surface area contributed by atoms with Crippen LogP contribution in [0.5, 0.6) is 5.75 Å². The van der Waals surface area contributed by atoms with Crippen LogP contribution in [0.1, 0.15) is 13.3 Å². The van der Waals surface area contributed by atoms with Crippen molar-refractivity contribution in [2.75, 3.05) is 19.8 Å². The van der Waals surface area contributed by atoms with E-state index in [0.29, 0.717) is 30.0 Å². The Morgan fingerprint density at radius 3 is 2.56 bits per heavy atom. The van der Waals surface area contributed by atoms with Crippen LogP contribution in [0.2, 0.25) is 0 Å². The second-order valence-corrected chi connectivity index (χ2v) is 6.91. The van der Waals surface area contributed by atoms with Crippen molar-refractivity contribution >= 4 is 35.7 Å². The van der Waals surface area contributed by atoms with E-state index in [4.69, 9.17) is 20.2 Å². The minimum absolute atomic E-state index is 0.0330. The van der Waals surface area contributed by atoms with Crippen LogP contribution in [-0.2, 0) is 13.8 Å². The van der Waals surface area contributed by atoms with Crippen LogP contribution < -0.4 is 4.74 Å². The highest BCUT2D eigenvalue weighted by atomic mass is 79.9. The summed E-state index contributed by atoms with van der Waals surface area (Å²) in [6, 6.07) is 4.36. The molecule has 7 heteroatoms. The van der Waals surface area contributed by atoms with Crippen LogP contribution in [0.25, 0.3) is 0 Å². The van der Waals surface area contributed by atoms with E-state index in [1.165, 1.54) is 12.1 Å². The summed E-state index contributed by atoms with van der Waals surface area (Å²) in [5, 5.41) is 0. The van der Waals surface area contributed by atoms with E-state index < -0.39 is 9.05 Å². The lowest BCUT2D eigenvalue weighted by atomic mass is 10.3. The van der Waals surface area contributed by atoms with Crippen molar-refractivity contribution in [1.82, 2.24) is 0 Å². The third-order valence-corrected chi connectivity index (χ3v) is 3.99. The fourth-order valence-corrected chi connectivity index (χ4v) is 2.63. The summed E-state index contributed by atoms with van der Waals surface area (Å²) in [5.41, 5.74) is 0. The van der Waals surface area contributed by atoms with Gasteiger partial charge in [0.1, 0.15) is 12.4 Å². The Kier molecular flexibility index (Phi) is 6.42. The Labute approximate surface area is 120 Å². The molecular weight excluding hydrogens is 344 g/mol. The van der Waals surface area contributed by atoms with Crippen molar-refractivity contribution in [3.05, 3.63) is 22.7 Å². The standard InChI is InChI=1S/C11H14BrClO4S/c1-2-5-16-6-7-17-11-4-3-9(8-10(11)12)18(13,14)15/h3-4,8H,2,5-7H2,1H3. The first kappa shape index (κ1) is 15.8. The minimum atomic E-state index is -3.71. The number of benzene rings is 1. The molecule has 0 aliphatic rings. The van der Waals surface area contributed by atoms with E-state index in [1.807, 2.05) is 6.92 Å². The first-order chi connectivity index (χ1) is 8.45. The van der Waals surface area contributed by atoms with Crippen molar-refractivity contribution in [2.45, 2.75) is 18.2 Å². The van der Waals surface area contributed by atoms with E-state index >= 15 is 0 Å². The highest BCUT2D eigenvalue weighted by molar-refractivity contribution is 9.10. The van der Waals surface area contributed by atoms with Gasteiger partial charge in [0, 0.05) is 17.3 Å². The number of halogens is 2. The third kappa shape index (κ3) is 5.14. The average molecular weight is 358 g/mol. The normalized spacial score (nSPS) is 11.5. The van der Waals surface area contributed by atoms with Gasteiger partial charge >= 0.3 is 0 Å². The molecule has 0 fully saturated rings. The molecule has 0 saturated carbocycles. The maximum atomic E-state index is 11.1. The average Bonchev–Trinajstić information content (AvgIpc) is 2.29.